The molecule has 0 saturated heterocycles. The number of amides is 1. The predicted octanol–water partition coefficient (Wildman–Crippen LogP) is -4.00. The molecule has 0 heterocycles. The monoisotopic (exact) mass is 125 g/mol. The zero-order valence-electron chi connectivity index (χ0n) is 4.47. The first-order valence-corrected chi connectivity index (χ1v) is 1.59. The first-order chi connectivity index (χ1) is 3.31. The molecular weight excluding hydrogens is 121 g/mol. The van der Waals surface area contributed by atoms with Gasteiger partial charge in [0.1, 0.15) is 0 Å². The number of hydrogen-bond donors (Lipinski definition) is 2. The van der Waals surface area contributed by atoms with Crippen molar-refractivity contribution in [3.8, 4) is 0 Å². The van der Waals surface area contributed by atoms with Crippen LogP contribution in [0.25, 0.3) is 0 Å². The van der Waals surface area contributed by atoms with E-state index in [1.807, 2.05) is 0 Å². The topological polar surface area (TPSA) is 66.4 Å². The molecule has 40 valence electrons. The van der Waals surface area contributed by atoms with Crippen LogP contribution in [0.15, 0.2) is 0 Å². The molecule has 5 heteroatoms. The van der Waals surface area contributed by atoms with Crippen molar-refractivity contribution in [2.24, 2.45) is 0 Å². The summed E-state index contributed by atoms with van der Waals surface area (Å²) in [4.78, 5) is 19.1. The third kappa shape index (κ3) is 6.10. The van der Waals surface area contributed by atoms with Crippen LogP contribution < -0.4 is 35.0 Å². The maximum Gasteiger partial charge on any atom is 1.00 e. The summed E-state index contributed by atoms with van der Waals surface area (Å²) < 4.78 is 0. The molecule has 0 spiro atoms. The van der Waals surface area contributed by atoms with Crippen molar-refractivity contribution in [2.45, 2.75) is 6.42 Å². The molecule has 0 fully saturated rings. The van der Waals surface area contributed by atoms with Gasteiger partial charge in [-0.15, -0.1) is 0 Å². The van der Waals surface area contributed by atoms with E-state index >= 15 is 0 Å². The summed E-state index contributed by atoms with van der Waals surface area (Å²) in [5.41, 5.74) is 1.26. The van der Waals surface area contributed by atoms with E-state index in [-0.39, 0.29) is 29.6 Å². The minimum atomic E-state index is -0.741. The van der Waals surface area contributed by atoms with Crippen LogP contribution in [0.5, 0.6) is 0 Å². The number of rotatable bonds is 2. The average molecular weight is 125 g/mol. The first-order valence-electron chi connectivity index (χ1n) is 1.59. The fourth-order valence-electron chi connectivity index (χ4n) is 0.105. The Labute approximate surface area is 68.5 Å². The number of carbonyl (C=O) groups excluding carboxylic acids is 2. The molecule has 0 aliphatic carbocycles. The van der Waals surface area contributed by atoms with Crippen LogP contribution in [0.1, 0.15) is 6.42 Å². The van der Waals surface area contributed by atoms with Gasteiger partial charge in [0.2, 0.25) is 5.91 Å². The van der Waals surface area contributed by atoms with Crippen LogP contribution >= 0.6 is 0 Å². The van der Waals surface area contributed by atoms with Gasteiger partial charge in [-0.3, -0.25) is 16.3 Å². The van der Waals surface area contributed by atoms with Gasteiger partial charge in [0, 0.05) is 0 Å². The molecule has 0 aromatic rings. The molecule has 0 aromatic carbocycles. The Kier molecular flexibility index (Phi) is 9.74. The van der Waals surface area contributed by atoms with Crippen molar-refractivity contribution in [3.05, 3.63) is 0 Å². The van der Waals surface area contributed by atoms with Gasteiger partial charge in [-0.2, -0.15) is 0 Å². The molecule has 2 N–H and O–H groups in total. The van der Waals surface area contributed by atoms with Gasteiger partial charge in [-0.05, 0) is 0 Å². The molecule has 0 saturated carbocycles. The van der Waals surface area contributed by atoms with E-state index in [4.69, 9.17) is 5.21 Å². The van der Waals surface area contributed by atoms with Gasteiger partial charge in [0.15, 0.2) is 0 Å². The third-order valence-corrected chi connectivity index (χ3v) is 0.357. The van der Waals surface area contributed by atoms with Crippen LogP contribution in [0.3, 0.4) is 0 Å². The summed E-state index contributed by atoms with van der Waals surface area (Å²) in [6.45, 7) is 0. The smallest absolute Gasteiger partial charge is 0.541 e. The summed E-state index contributed by atoms with van der Waals surface area (Å²) in [5, 5.41) is 7.69. The van der Waals surface area contributed by atoms with Crippen LogP contribution in [0, 0.1) is 0 Å². The summed E-state index contributed by atoms with van der Waals surface area (Å²) in [6.07, 6.45) is 0.890. The van der Waals surface area contributed by atoms with Gasteiger partial charge in [-0.1, -0.05) is 6.42 Å². The molecule has 0 rings (SSSR count). The molecule has 0 radical (unpaired) electrons. The molecule has 0 aliphatic heterocycles. The van der Waals surface area contributed by atoms with Crippen molar-refractivity contribution in [1.82, 2.24) is 5.48 Å². The minimum Gasteiger partial charge on any atom is -0.541 e. The second-order valence-electron chi connectivity index (χ2n) is 0.856. The minimum absolute atomic E-state index is 0. The van der Waals surface area contributed by atoms with E-state index in [1.165, 1.54) is 11.8 Å². The van der Waals surface area contributed by atoms with E-state index in [0.717, 1.165) is 0 Å². The SMILES string of the molecule is O=[C-]CC(=O)NO.[Na+]. The second-order valence-corrected chi connectivity index (χ2v) is 0.856. The largest absolute Gasteiger partial charge is 1.00 e. The van der Waals surface area contributed by atoms with Crippen LogP contribution in [-0.2, 0) is 9.59 Å². The molecule has 0 unspecified atom stereocenters. The Morgan fingerprint density at radius 3 is 2.38 bits per heavy atom. The maximum absolute atomic E-state index is 9.79. The van der Waals surface area contributed by atoms with Gasteiger partial charge in [-0.25, -0.2) is 5.48 Å². The predicted molar refractivity (Wildman–Crippen MR) is 20.2 cm³/mol. The number of hydroxylamine groups is 1. The molecule has 0 bridgehead atoms. The molecule has 4 nitrogen and oxygen atoms in total. The average Bonchev–Trinajstić information content (AvgIpc) is 1.68. The molecule has 0 aromatic heterocycles. The third-order valence-electron chi connectivity index (χ3n) is 0.357. The summed E-state index contributed by atoms with van der Waals surface area (Å²) in [5.74, 6) is -0.741. The van der Waals surface area contributed by atoms with E-state index in [1.54, 1.807) is 0 Å². The summed E-state index contributed by atoms with van der Waals surface area (Å²) >= 11 is 0. The normalized spacial score (nSPS) is 6.62. The summed E-state index contributed by atoms with van der Waals surface area (Å²) in [6, 6.07) is 0. The van der Waals surface area contributed by atoms with Crippen LogP contribution in [0.4, 0.5) is 0 Å². The Hall–Kier alpha value is 0.1000. The van der Waals surface area contributed by atoms with Crippen molar-refractivity contribution in [2.75, 3.05) is 0 Å². The maximum atomic E-state index is 9.79. The zero-order valence-corrected chi connectivity index (χ0v) is 6.47. The Morgan fingerprint density at radius 2 is 2.25 bits per heavy atom. The number of nitrogens with one attached hydrogen (secondary N) is 1. The van der Waals surface area contributed by atoms with Gasteiger partial charge >= 0.3 is 29.6 Å². The zero-order chi connectivity index (χ0) is 5.70. The van der Waals surface area contributed by atoms with Crippen molar-refractivity contribution in [3.63, 3.8) is 0 Å². The van der Waals surface area contributed by atoms with Crippen LogP contribution in [-0.4, -0.2) is 17.4 Å². The standard InChI is InChI=1S/C3H4NO3.Na/c5-2-1-3(6)4-7;/h7H,1H2,(H,4,6);/q-1;+1. The van der Waals surface area contributed by atoms with E-state index in [2.05, 4.69) is 0 Å². The number of carbonyl (C=O) groups is 1. The molecular formula is C3H4NNaO3. The molecule has 0 aliphatic rings. The van der Waals surface area contributed by atoms with Crippen molar-refractivity contribution in [1.29, 1.82) is 0 Å². The Balaban J connectivity index is 0. The molecule has 1 amide bonds. The fraction of sp³-hybridized carbons (Fsp3) is 0.333. The van der Waals surface area contributed by atoms with E-state index < -0.39 is 12.3 Å². The quantitative estimate of drug-likeness (QED) is 0.130. The van der Waals surface area contributed by atoms with Gasteiger partial charge < -0.3 is 4.79 Å². The Morgan fingerprint density at radius 1 is 1.75 bits per heavy atom. The molecule has 0 atom stereocenters. The second kappa shape index (κ2) is 7.10. The van der Waals surface area contributed by atoms with Gasteiger partial charge in [0.05, 0.1) is 0 Å². The molecule has 8 heavy (non-hydrogen) atoms. The van der Waals surface area contributed by atoms with Crippen molar-refractivity contribution >= 4 is 12.2 Å². The van der Waals surface area contributed by atoms with Crippen molar-refractivity contribution < 1.29 is 44.4 Å². The van der Waals surface area contributed by atoms with Crippen LogP contribution in [0.2, 0.25) is 0 Å². The fourth-order valence-corrected chi connectivity index (χ4v) is 0.105. The summed E-state index contributed by atoms with van der Waals surface area (Å²) in [7, 11) is 0. The van der Waals surface area contributed by atoms with E-state index in [0.29, 0.717) is 0 Å². The Bertz CT molecular complexity index is 84.6. The van der Waals surface area contributed by atoms with E-state index in [9.17, 15) is 9.59 Å². The van der Waals surface area contributed by atoms with Gasteiger partial charge in [0.25, 0.3) is 0 Å². The number of hydrogen-bond acceptors (Lipinski definition) is 3. The first kappa shape index (κ1) is 11.0.